The van der Waals surface area contributed by atoms with Crippen LogP contribution in [0.5, 0.6) is 0 Å². The third-order valence-electron chi connectivity index (χ3n) is 15.7. The molecule has 0 aliphatic rings. The maximum atomic E-state index is 12.9. The first kappa shape index (κ1) is 73.9. The van der Waals surface area contributed by atoms with Crippen LogP contribution in [0.15, 0.2) is 24.3 Å². The van der Waals surface area contributed by atoms with E-state index >= 15 is 0 Å². The summed E-state index contributed by atoms with van der Waals surface area (Å²) in [6.45, 7) is 6.69. The van der Waals surface area contributed by atoms with E-state index in [2.05, 4.69) is 45.1 Å². The van der Waals surface area contributed by atoms with Gasteiger partial charge in [0.1, 0.15) is 13.2 Å². The Morgan fingerprint density at radius 1 is 0.263 bits per heavy atom. The van der Waals surface area contributed by atoms with Crippen LogP contribution in [0.2, 0.25) is 0 Å². The van der Waals surface area contributed by atoms with Gasteiger partial charge in [0.05, 0.1) is 0 Å². The van der Waals surface area contributed by atoms with E-state index < -0.39 is 6.10 Å². The van der Waals surface area contributed by atoms with Gasteiger partial charge in [0.2, 0.25) is 0 Å². The Kier molecular flexibility index (Phi) is 63.6. The van der Waals surface area contributed by atoms with Gasteiger partial charge in [-0.1, -0.05) is 340 Å². The topological polar surface area (TPSA) is 78.9 Å². The second-order valence-corrected chi connectivity index (χ2v) is 23.5. The van der Waals surface area contributed by atoms with Crippen LogP contribution in [0.3, 0.4) is 0 Å². The summed E-state index contributed by atoms with van der Waals surface area (Å²) in [4.78, 5) is 38.4. The van der Waals surface area contributed by atoms with Crippen molar-refractivity contribution in [1.82, 2.24) is 0 Å². The smallest absolute Gasteiger partial charge is 0.306 e. The first-order valence-electron chi connectivity index (χ1n) is 34.3. The van der Waals surface area contributed by atoms with Gasteiger partial charge in [-0.3, -0.25) is 14.4 Å². The molecule has 0 fully saturated rings. The quantitative estimate of drug-likeness (QED) is 0.0261. The van der Waals surface area contributed by atoms with Crippen LogP contribution in [-0.4, -0.2) is 37.2 Å². The summed E-state index contributed by atoms with van der Waals surface area (Å²) in [6, 6.07) is 0. The Labute approximate surface area is 474 Å². The van der Waals surface area contributed by atoms with E-state index in [9.17, 15) is 14.4 Å². The molecule has 0 N–H and O–H groups in total. The number of hydrogen-bond donors (Lipinski definition) is 0. The van der Waals surface area contributed by atoms with Crippen LogP contribution in [0.25, 0.3) is 0 Å². The van der Waals surface area contributed by atoms with Gasteiger partial charge in [-0.05, 0) is 51.4 Å². The minimum absolute atomic E-state index is 0.0682. The van der Waals surface area contributed by atoms with Crippen molar-refractivity contribution in [3.05, 3.63) is 24.3 Å². The maximum Gasteiger partial charge on any atom is 0.306 e. The Morgan fingerprint density at radius 3 is 0.750 bits per heavy atom. The molecular formula is C70H132O6. The van der Waals surface area contributed by atoms with Crippen molar-refractivity contribution in [2.75, 3.05) is 13.2 Å². The van der Waals surface area contributed by atoms with Gasteiger partial charge in [0.25, 0.3) is 0 Å². The monoisotopic (exact) mass is 1070 g/mol. The molecule has 6 nitrogen and oxygen atoms in total. The Bertz CT molecular complexity index is 1230. The summed E-state index contributed by atoms with van der Waals surface area (Å²) in [5.41, 5.74) is 0. The molecule has 0 amide bonds. The van der Waals surface area contributed by atoms with Gasteiger partial charge in [-0.15, -0.1) is 0 Å². The number of carbonyl (C=O) groups is 3. The molecule has 0 heterocycles. The van der Waals surface area contributed by atoms with Crippen molar-refractivity contribution in [3.63, 3.8) is 0 Å². The van der Waals surface area contributed by atoms with E-state index in [1.165, 1.54) is 276 Å². The Hall–Kier alpha value is -2.11. The highest BCUT2D eigenvalue weighted by molar-refractivity contribution is 5.71. The van der Waals surface area contributed by atoms with E-state index in [1.54, 1.807) is 0 Å². The fraction of sp³-hybridized carbons (Fsp3) is 0.900. The number of esters is 3. The lowest BCUT2D eigenvalue weighted by molar-refractivity contribution is -0.167. The van der Waals surface area contributed by atoms with Crippen molar-refractivity contribution in [2.45, 2.75) is 393 Å². The summed E-state index contributed by atoms with van der Waals surface area (Å²) in [5, 5.41) is 0. The average molecular weight is 1070 g/mol. The first-order valence-corrected chi connectivity index (χ1v) is 34.3. The molecule has 0 aromatic rings. The van der Waals surface area contributed by atoms with Gasteiger partial charge in [-0.2, -0.15) is 0 Å². The molecule has 0 aromatic carbocycles. The Morgan fingerprint density at radius 2 is 0.474 bits per heavy atom. The van der Waals surface area contributed by atoms with E-state index in [0.29, 0.717) is 19.3 Å². The molecule has 0 bridgehead atoms. The number of allylic oxidation sites excluding steroid dienone is 4. The highest BCUT2D eigenvalue weighted by Gasteiger charge is 2.19. The standard InChI is InChI=1S/C70H132O6/c1-4-7-10-13-16-19-22-25-28-30-31-32-33-34-35-36-37-38-40-42-45-48-51-54-57-60-63-69(72)75-66-67(65-74-68(71)62-59-56-53-50-47-44-41-27-24-21-18-15-12-9-6-3)76-70(73)64-61-58-55-52-49-46-43-39-29-26-23-20-17-14-11-8-5-2/h17,20,26,29,67H,4-16,18-19,21-25,27-28,30-66H2,1-3H3/b20-17-,29-26-. The normalized spacial score (nSPS) is 12.1. The van der Waals surface area contributed by atoms with Gasteiger partial charge in [0.15, 0.2) is 6.10 Å². The largest absolute Gasteiger partial charge is 0.462 e. The highest BCUT2D eigenvalue weighted by atomic mass is 16.6. The fourth-order valence-corrected chi connectivity index (χ4v) is 10.5. The van der Waals surface area contributed by atoms with Crippen molar-refractivity contribution in [3.8, 4) is 0 Å². The molecule has 76 heavy (non-hydrogen) atoms. The molecule has 0 saturated carbocycles. The minimum atomic E-state index is -0.772. The van der Waals surface area contributed by atoms with Crippen molar-refractivity contribution in [1.29, 1.82) is 0 Å². The predicted molar refractivity (Wildman–Crippen MR) is 330 cm³/mol. The summed E-state index contributed by atoms with van der Waals surface area (Å²) in [6.07, 6.45) is 79.1. The zero-order chi connectivity index (χ0) is 55.0. The lowest BCUT2D eigenvalue weighted by atomic mass is 10.0. The van der Waals surface area contributed by atoms with E-state index in [4.69, 9.17) is 14.2 Å². The third-order valence-corrected chi connectivity index (χ3v) is 15.7. The number of hydrogen-bond acceptors (Lipinski definition) is 6. The van der Waals surface area contributed by atoms with Crippen LogP contribution >= 0.6 is 0 Å². The number of ether oxygens (including phenoxy) is 3. The van der Waals surface area contributed by atoms with Crippen LogP contribution < -0.4 is 0 Å². The molecule has 6 heteroatoms. The number of unbranched alkanes of at least 4 members (excludes halogenated alkanes) is 49. The van der Waals surface area contributed by atoms with Gasteiger partial charge in [-0.25, -0.2) is 0 Å². The van der Waals surface area contributed by atoms with Gasteiger partial charge < -0.3 is 14.2 Å². The molecule has 1 unspecified atom stereocenters. The molecule has 448 valence electrons. The number of rotatable bonds is 64. The molecule has 0 aliphatic carbocycles. The second kappa shape index (κ2) is 65.4. The molecule has 0 aromatic heterocycles. The zero-order valence-corrected chi connectivity index (χ0v) is 51.6. The third kappa shape index (κ3) is 62.7. The minimum Gasteiger partial charge on any atom is -0.462 e. The Balaban J connectivity index is 4.22. The van der Waals surface area contributed by atoms with Gasteiger partial charge in [0, 0.05) is 19.3 Å². The van der Waals surface area contributed by atoms with Crippen molar-refractivity contribution in [2.24, 2.45) is 0 Å². The molecular weight excluding hydrogens is 937 g/mol. The van der Waals surface area contributed by atoms with Crippen LogP contribution in [0.1, 0.15) is 387 Å². The summed E-state index contributed by atoms with van der Waals surface area (Å²) in [5.74, 6) is -0.845. The summed E-state index contributed by atoms with van der Waals surface area (Å²) < 4.78 is 17.0. The van der Waals surface area contributed by atoms with Gasteiger partial charge >= 0.3 is 17.9 Å². The van der Waals surface area contributed by atoms with Crippen molar-refractivity contribution >= 4 is 17.9 Å². The molecule has 1 atom stereocenters. The maximum absolute atomic E-state index is 12.9. The van der Waals surface area contributed by atoms with E-state index in [-0.39, 0.29) is 31.1 Å². The average Bonchev–Trinajstić information content (AvgIpc) is 3.42. The fourth-order valence-electron chi connectivity index (χ4n) is 10.5. The SMILES string of the molecule is CCCCC/C=C\C/C=C\CCCCCCCCCC(=O)OC(COC(=O)CCCCCCCCCCCCCCCCC)COC(=O)CCCCCCCCCCCCCCCCCCCCCCCCCCCC. The summed E-state index contributed by atoms with van der Waals surface area (Å²) in [7, 11) is 0. The number of carbonyl (C=O) groups excluding carboxylic acids is 3. The summed E-state index contributed by atoms with van der Waals surface area (Å²) >= 11 is 0. The lowest BCUT2D eigenvalue weighted by Gasteiger charge is -2.18. The zero-order valence-electron chi connectivity index (χ0n) is 51.6. The molecule has 0 saturated heterocycles. The lowest BCUT2D eigenvalue weighted by Crippen LogP contribution is -2.30. The molecule has 0 spiro atoms. The van der Waals surface area contributed by atoms with Crippen molar-refractivity contribution < 1.29 is 28.6 Å². The van der Waals surface area contributed by atoms with Crippen LogP contribution in [-0.2, 0) is 28.6 Å². The molecule has 0 aliphatic heterocycles. The van der Waals surface area contributed by atoms with Crippen LogP contribution in [0, 0.1) is 0 Å². The van der Waals surface area contributed by atoms with E-state index in [0.717, 1.165) is 70.6 Å². The first-order chi connectivity index (χ1) is 37.5. The van der Waals surface area contributed by atoms with E-state index in [1.807, 2.05) is 0 Å². The molecule has 0 radical (unpaired) electrons. The second-order valence-electron chi connectivity index (χ2n) is 23.5. The van der Waals surface area contributed by atoms with Crippen LogP contribution in [0.4, 0.5) is 0 Å². The predicted octanol–water partition coefficient (Wildman–Crippen LogP) is 23.4. The molecule has 0 rings (SSSR count). The highest BCUT2D eigenvalue weighted by Crippen LogP contribution is 2.19.